The Morgan fingerprint density at radius 1 is 1.16 bits per heavy atom. The van der Waals surface area contributed by atoms with E-state index >= 15 is 0 Å². The predicted octanol–water partition coefficient (Wildman–Crippen LogP) is 2.62. The van der Waals surface area contributed by atoms with Gasteiger partial charge in [-0.1, -0.05) is 62.9 Å². The van der Waals surface area contributed by atoms with E-state index in [2.05, 4.69) is 6.92 Å². The first-order valence-electron chi connectivity index (χ1n) is 6.64. The van der Waals surface area contributed by atoms with Gasteiger partial charge in [0.25, 0.3) is 0 Å². The van der Waals surface area contributed by atoms with Crippen LogP contribution in [0.4, 0.5) is 0 Å². The molecule has 0 radical (unpaired) electrons. The number of Topliss-reactive ketones (excluding diaryl/α,β-unsaturated/α-hetero) is 1. The first-order valence-corrected chi connectivity index (χ1v) is 6.64. The van der Waals surface area contributed by atoms with E-state index in [0.717, 1.165) is 19.3 Å². The number of carboxylic acids is 1. The van der Waals surface area contributed by atoms with Crippen LogP contribution in [-0.4, -0.2) is 22.4 Å². The van der Waals surface area contributed by atoms with Crippen LogP contribution < -0.4 is 5.73 Å². The van der Waals surface area contributed by atoms with Gasteiger partial charge in [0.15, 0.2) is 11.3 Å². The number of ketones is 1. The first-order chi connectivity index (χ1) is 9.02. The molecule has 3 N–H and O–H groups in total. The smallest absolute Gasteiger partial charge is 0.331 e. The third-order valence-corrected chi connectivity index (χ3v) is 3.25. The predicted molar refractivity (Wildman–Crippen MR) is 74.1 cm³/mol. The molecule has 0 aliphatic heterocycles. The SMILES string of the molecule is CCCCCCC(N)(C(=O)O)C(=O)c1ccccc1. The number of carbonyl (C=O) groups excluding carboxylic acids is 1. The topological polar surface area (TPSA) is 80.4 Å². The number of aliphatic carboxylic acids is 1. The van der Waals surface area contributed by atoms with Crippen molar-refractivity contribution in [1.82, 2.24) is 0 Å². The molecule has 1 rings (SSSR count). The minimum atomic E-state index is -1.81. The second kappa shape index (κ2) is 7.04. The van der Waals surface area contributed by atoms with Gasteiger partial charge in [0.1, 0.15) is 0 Å². The molecule has 0 aliphatic rings. The largest absolute Gasteiger partial charge is 0.480 e. The maximum Gasteiger partial charge on any atom is 0.331 e. The van der Waals surface area contributed by atoms with E-state index in [1.165, 1.54) is 0 Å². The van der Waals surface area contributed by atoms with Crippen molar-refractivity contribution in [1.29, 1.82) is 0 Å². The van der Waals surface area contributed by atoms with Crippen LogP contribution in [0, 0.1) is 0 Å². The van der Waals surface area contributed by atoms with Crippen molar-refractivity contribution >= 4 is 11.8 Å². The maximum atomic E-state index is 12.3. The van der Waals surface area contributed by atoms with Crippen LogP contribution in [0.5, 0.6) is 0 Å². The minimum Gasteiger partial charge on any atom is -0.480 e. The zero-order valence-corrected chi connectivity index (χ0v) is 11.3. The van der Waals surface area contributed by atoms with Gasteiger partial charge in [0.2, 0.25) is 0 Å². The fourth-order valence-electron chi connectivity index (χ4n) is 2.00. The second-order valence-electron chi connectivity index (χ2n) is 4.78. The fraction of sp³-hybridized carbons (Fsp3) is 0.467. The minimum absolute atomic E-state index is 0.177. The highest BCUT2D eigenvalue weighted by atomic mass is 16.4. The van der Waals surface area contributed by atoms with E-state index in [1.54, 1.807) is 30.3 Å². The van der Waals surface area contributed by atoms with Gasteiger partial charge in [-0.2, -0.15) is 0 Å². The number of rotatable bonds is 8. The van der Waals surface area contributed by atoms with Crippen molar-refractivity contribution < 1.29 is 14.7 Å². The highest BCUT2D eigenvalue weighted by Crippen LogP contribution is 2.19. The van der Waals surface area contributed by atoms with Crippen LogP contribution in [0.25, 0.3) is 0 Å². The third-order valence-electron chi connectivity index (χ3n) is 3.25. The van der Waals surface area contributed by atoms with Crippen molar-refractivity contribution in [3.63, 3.8) is 0 Å². The van der Waals surface area contributed by atoms with E-state index in [4.69, 9.17) is 5.73 Å². The van der Waals surface area contributed by atoms with E-state index in [0.29, 0.717) is 12.0 Å². The number of carboxylic acid groups (broad SMARTS) is 1. The van der Waals surface area contributed by atoms with Crippen molar-refractivity contribution in [3.8, 4) is 0 Å². The van der Waals surface area contributed by atoms with Crippen LogP contribution >= 0.6 is 0 Å². The van der Waals surface area contributed by atoms with Crippen molar-refractivity contribution in [2.24, 2.45) is 5.73 Å². The van der Waals surface area contributed by atoms with Crippen molar-refractivity contribution in [2.45, 2.75) is 44.6 Å². The Bertz CT molecular complexity index is 430. The molecule has 0 aliphatic carbocycles. The summed E-state index contributed by atoms with van der Waals surface area (Å²) in [5.74, 6) is -1.77. The Morgan fingerprint density at radius 2 is 1.79 bits per heavy atom. The van der Waals surface area contributed by atoms with Gasteiger partial charge in [0, 0.05) is 5.56 Å². The number of carbonyl (C=O) groups is 2. The molecule has 1 unspecified atom stereocenters. The summed E-state index contributed by atoms with van der Waals surface area (Å²) in [5, 5.41) is 9.27. The van der Waals surface area contributed by atoms with Crippen LogP contribution in [0.15, 0.2) is 30.3 Å². The number of benzene rings is 1. The summed E-state index contributed by atoms with van der Waals surface area (Å²) in [4.78, 5) is 23.6. The Hall–Kier alpha value is -1.68. The molecule has 0 spiro atoms. The zero-order chi connectivity index (χ0) is 14.3. The van der Waals surface area contributed by atoms with Gasteiger partial charge in [-0.05, 0) is 6.42 Å². The zero-order valence-electron chi connectivity index (χ0n) is 11.3. The molecule has 19 heavy (non-hydrogen) atoms. The van der Waals surface area contributed by atoms with Crippen LogP contribution in [0.1, 0.15) is 49.4 Å². The lowest BCUT2D eigenvalue weighted by Crippen LogP contribution is -2.54. The molecule has 0 saturated heterocycles. The van der Waals surface area contributed by atoms with Crippen molar-refractivity contribution in [3.05, 3.63) is 35.9 Å². The van der Waals surface area contributed by atoms with Crippen LogP contribution in [0.3, 0.4) is 0 Å². The number of unbranched alkanes of at least 4 members (excludes halogenated alkanes) is 3. The summed E-state index contributed by atoms with van der Waals surface area (Å²) in [7, 11) is 0. The average molecular weight is 263 g/mol. The number of hydrogen-bond acceptors (Lipinski definition) is 3. The molecule has 4 heteroatoms. The van der Waals surface area contributed by atoms with Gasteiger partial charge >= 0.3 is 5.97 Å². The van der Waals surface area contributed by atoms with E-state index in [1.807, 2.05) is 0 Å². The van der Waals surface area contributed by atoms with Crippen LogP contribution in [0.2, 0.25) is 0 Å². The summed E-state index contributed by atoms with van der Waals surface area (Å²) in [5.41, 5.74) is 4.39. The highest BCUT2D eigenvalue weighted by molar-refractivity contribution is 6.15. The lowest BCUT2D eigenvalue weighted by Gasteiger charge is -2.23. The lowest BCUT2D eigenvalue weighted by atomic mass is 9.85. The first kappa shape index (κ1) is 15.4. The highest BCUT2D eigenvalue weighted by Gasteiger charge is 2.41. The maximum absolute atomic E-state index is 12.3. The Morgan fingerprint density at radius 3 is 2.32 bits per heavy atom. The molecule has 1 aromatic rings. The normalized spacial score (nSPS) is 13.8. The standard InChI is InChI=1S/C15H21NO3/c1-2-3-4-8-11-15(16,14(18)19)13(17)12-9-6-5-7-10-12/h5-7,9-10H,2-4,8,11,16H2,1H3,(H,18,19). The summed E-state index contributed by atoms with van der Waals surface area (Å²) in [6.07, 6.45) is 3.79. The Balaban J connectivity index is 2.81. The molecule has 0 bridgehead atoms. The van der Waals surface area contributed by atoms with Gasteiger partial charge < -0.3 is 10.8 Å². The van der Waals surface area contributed by atoms with E-state index in [9.17, 15) is 14.7 Å². The summed E-state index contributed by atoms with van der Waals surface area (Å²) < 4.78 is 0. The molecule has 0 heterocycles. The number of nitrogens with two attached hydrogens (primary N) is 1. The molecule has 1 atom stereocenters. The monoisotopic (exact) mass is 263 g/mol. The molecule has 0 saturated carbocycles. The van der Waals surface area contributed by atoms with Gasteiger partial charge in [0.05, 0.1) is 0 Å². The summed E-state index contributed by atoms with van der Waals surface area (Å²) in [6, 6.07) is 8.37. The quantitative estimate of drug-likeness (QED) is 0.429. The van der Waals surface area contributed by atoms with Gasteiger partial charge in [-0.15, -0.1) is 0 Å². The van der Waals surface area contributed by atoms with Crippen LogP contribution in [-0.2, 0) is 4.79 Å². The Labute approximate surface area is 113 Å². The van der Waals surface area contributed by atoms with Crippen molar-refractivity contribution in [2.75, 3.05) is 0 Å². The number of hydrogen-bond donors (Lipinski definition) is 2. The van der Waals surface area contributed by atoms with E-state index < -0.39 is 17.3 Å². The molecule has 0 amide bonds. The van der Waals surface area contributed by atoms with E-state index in [-0.39, 0.29) is 6.42 Å². The third kappa shape index (κ3) is 3.89. The molecule has 4 nitrogen and oxygen atoms in total. The van der Waals surface area contributed by atoms with Gasteiger partial charge in [-0.25, -0.2) is 4.79 Å². The molecule has 0 aromatic heterocycles. The summed E-state index contributed by atoms with van der Waals surface area (Å²) >= 11 is 0. The second-order valence-corrected chi connectivity index (χ2v) is 4.78. The molecule has 1 aromatic carbocycles. The summed E-state index contributed by atoms with van der Waals surface area (Å²) in [6.45, 7) is 2.07. The molecule has 0 fully saturated rings. The fourth-order valence-corrected chi connectivity index (χ4v) is 2.00. The lowest BCUT2D eigenvalue weighted by molar-refractivity contribution is -0.141. The average Bonchev–Trinajstić information content (AvgIpc) is 2.43. The van der Waals surface area contributed by atoms with Gasteiger partial charge in [-0.3, -0.25) is 4.79 Å². The Kier molecular flexibility index (Phi) is 5.70. The molecule has 104 valence electrons. The molecular weight excluding hydrogens is 242 g/mol. The molecular formula is C15H21NO3.